The molecular formula is C26H24N4O5. The van der Waals surface area contributed by atoms with Crippen molar-refractivity contribution in [1.29, 1.82) is 0 Å². The van der Waals surface area contributed by atoms with Crippen molar-refractivity contribution in [2.75, 3.05) is 17.7 Å². The highest BCUT2D eigenvalue weighted by Gasteiger charge is 2.14. The largest absolute Gasteiger partial charge is 0.487 e. The predicted molar refractivity (Wildman–Crippen MR) is 132 cm³/mol. The Hall–Kier alpha value is -4.66. The highest BCUT2D eigenvalue weighted by atomic mass is 16.5. The number of ether oxygens (including phenoxy) is 2. The van der Waals surface area contributed by atoms with Gasteiger partial charge in [-0.05, 0) is 49.2 Å². The van der Waals surface area contributed by atoms with Crippen LogP contribution in [-0.4, -0.2) is 28.5 Å². The number of nitrogens with one attached hydrogen (secondary N) is 2. The molecule has 0 aliphatic rings. The van der Waals surface area contributed by atoms with Gasteiger partial charge in [0.15, 0.2) is 0 Å². The Labute approximate surface area is 201 Å². The molecule has 2 aromatic heterocycles. The zero-order valence-electron chi connectivity index (χ0n) is 19.5. The third-order valence-corrected chi connectivity index (χ3v) is 5.34. The van der Waals surface area contributed by atoms with Crippen molar-refractivity contribution in [2.45, 2.75) is 20.5 Å². The van der Waals surface area contributed by atoms with E-state index in [0.717, 1.165) is 11.1 Å². The van der Waals surface area contributed by atoms with Gasteiger partial charge < -0.3 is 20.1 Å². The van der Waals surface area contributed by atoms with Crippen LogP contribution in [0.3, 0.4) is 0 Å². The molecule has 4 aromatic rings. The van der Waals surface area contributed by atoms with Crippen molar-refractivity contribution < 1.29 is 19.1 Å². The maximum absolute atomic E-state index is 12.6. The number of hydrogen-bond acceptors (Lipinski definition) is 6. The topological polar surface area (TPSA) is 111 Å². The molecule has 9 heteroatoms. The molecule has 0 unspecified atom stereocenters. The summed E-state index contributed by atoms with van der Waals surface area (Å²) >= 11 is 0. The SMILES string of the molecule is COC(=O)c1ccccc1NC(=O)Nc1ccc(C)c(OCc2cc(=O)n3cccc(C)c3n2)c1. The van der Waals surface area contributed by atoms with Crippen LogP contribution >= 0.6 is 0 Å². The van der Waals surface area contributed by atoms with Crippen LogP contribution < -0.4 is 20.9 Å². The minimum Gasteiger partial charge on any atom is -0.487 e. The van der Waals surface area contributed by atoms with Crippen LogP contribution in [0.25, 0.3) is 5.65 Å². The predicted octanol–water partition coefficient (Wildman–Crippen LogP) is 4.32. The number of esters is 1. The molecule has 2 heterocycles. The van der Waals surface area contributed by atoms with E-state index in [0.29, 0.717) is 28.5 Å². The van der Waals surface area contributed by atoms with E-state index in [1.807, 2.05) is 19.9 Å². The van der Waals surface area contributed by atoms with Gasteiger partial charge in [0.2, 0.25) is 0 Å². The molecular weight excluding hydrogens is 448 g/mol. The first-order valence-electron chi connectivity index (χ1n) is 10.8. The lowest BCUT2D eigenvalue weighted by molar-refractivity contribution is 0.0602. The van der Waals surface area contributed by atoms with E-state index >= 15 is 0 Å². The van der Waals surface area contributed by atoms with Gasteiger partial charge in [0.25, 0.3) is 5.56 Å². The fraction of sp³-hybridized carbons (Fsp3) is 0.154. The summed E-state index contributed by atoms with van der Waals surface area (Å²) in [4.78, 5) is 41.4. The lowest BCUT2D eigenvalue weighted by Gasteiger charge is -2.13. The Morgan fingerprint density at radius 2 is 1.77 bits per heavy atom. The maximum Gasteiger partial charge on any atom is 0.339 e. The van der Waals surface area contributed by atoms with E-state index in [4.69, 9.17) is 9.47 Å². The number of carbonyl (C=O) groups excluding carboxylic acids is 2. The van der Waals surface area contributed by atoms with Crippen LogP contribution in [0.15, 0.2) is 71.7 Å². The number of pyridine rings is 1. The Bertz CT molecular complexity index is 1480. The Balaban J connectivity index is 1.48. The number of carbonyl (C=O) groups is 2. The number of benzene rings is 2. The molecule has 4 rings (SSSR count). The highest BCUT2D eigenvalue weighted by molar-refractivity contribution is 6.05. The summed E-state index contributed by atoms with van der Waals surface area (Å²) in [5, 5.41) is 5.39. The van der Waals surface area contributed by atoms with Gasteiger partial charge in [0, 0.05) is 24.0 Å². The molecule has 0 aliphatic heterocycles. The smallest absolute Gasteiger partial charge is 0.339 e. The number of nitrogens with zero attached hydrogens (tertiary/aromatic N) is 2. The summed E-state index contributed by atoms with van der Waals surface area (Å²) in [6.45, 7) is 3.85. The zero-order chi connectivity index (χ0) is 24.9. The maximum atomic E-state index is 12.6. The second-order valence-corrected chi connectivity index (χ2v) is 7.86. The number of rotatable bonds is 6. The Morgan fingerprint density at radius 1 is 0.971 bits per heavy atom. The molecule has 2 aromatic carbocycles. The minimum absolute atomic E-state index is 0.0864. The third kappa shape index (κ3) is 5.30. The summed E-state index contributed by atoms with van der Waals surface area (Å²) in [6, 6.07) is 16.4. The monoisotopic (exact) mass is 472 g/mol. The number of fused-ring (bicyclic) bond motifs is 1. The quantitative estimate of drug-likeness (QED) is 0.404. The third-order valence-electron chi connectivity index (χ3n) is 5.34. The number of anilines is 2. The molecule has 0 aliphatic carbocycles. The molecule has 35 heavy (non-hydrogen) atoms. The van der Waals surface area contributed by atoms with E-state index in [-0.39, 0.29) is 17.7 Å². The van der Waals surface area contributed by atoms with E-state index in [1.165, 1.54) is 17.6 Å². The van der Waals surface area contributed by atoms with Crippen molar-refractivity contribution in [2.24, 2.45) is 0 Å². The van der Waals surface area contributed by atoms with Crippen molar-refractivity contribution in [3.05, 3.63) is 99.6 Å². The van der Waals surface area contributed by atoms with Crippen molar-refractivity contribution >= 4 is 29.0 Å². The van der Waals surface area contributed by atoms with E-state index < -0.39 is 12.0 Å². The van der Waals surface area contributed by atoms with Gasteiger partial charge in [-0.15, -0.1) is 0 Å². The van der Waals surface area contributed by atoms with Crippen LogP contribution in [0.4, 0.5) is 16.2 Å². The number of aromatic nitrogens is 2. The van der Waals surface area contributed by atoms with Crippen molar-refractivity contribution in [1.82, 2.24) is 9.38 Å². The first-order valence-corrected chi connectivity index (χ1v) is 10.8. The van der Waals surface area contributed by atoms with Gasteiger partial charge in [-0.2, -0.15) is 0 Å². The Morgan fingerprint density at radius 3 is 2.57 bits per heavy atom. The molecule has 0 spiro atoms. The first-order chi connectivity index (χ1) is 16.9. The van der Waals surface area contributed by atoms with Crippen LogP contribution in [-0.2, 0) is 11.3 Å². The summed E-state index contributed by atoms with van der Waals surface area (Å²) in [7, 11) is 1.28. The van der Waals surface area contributed by atoms with Crippen LogP contribution in [0.1, 0.15) is 27.2 Å². The van der Waals surface area contributed by atoms with E-state index in [1.54, 1.807) is 54.7 Å². The molecule has 178 valence electrons. The molecule has 0 saturated carbocycles. The summed E-state index contributed by atoms with van der Waals surface area (Å²) in [6.07, 6.45) is 1.68. The van der Waals surface area contributed by atoms with Crippen molar-refractivity contribution in [3.63, 3.8) is 0 Å². The van der Waals surface area contributed by atoms with Crippen LogP contribution in [0.5, 0.6) is 5.75 Å². The lowest BCUT2D eigenvalue weighted by atomic mass is 10.2. The number of hydrogen-bond donors (Lipinski definition) is 2. The molecule has 0 fully saturated rings. The molecule has 0 saturated heterocycles. The molecule has 2 N–H and O–H groups in total. The second kappa shape index (κ2) is 10.1. The molecule has 2 amide bonds. The average Bonchev–Trinajstić information content (AvgIpc) is 2.85. The average molecular weight is 473 g/mol. The minimum atomic E-state index is -0.552. The van der Waals surface area contributed by atoms with Gasteiger partial charge in [-0.25, -0.2) is 14.6 Å². The zero-order valence-corrected chi connectivity index (χ0v) is 19.5. The van der Waals surface area contributed by atoms with E-state index in [2.05, 4.69) is 15.6 Å². The fourth-order valence-electron chi connectivity index (χ4n) is 3.53. The van der Waals surface area contributed by atoms with E-state index in [9.17, 15) is 14.4 Å². The highest BCUT2D eigenvalue weighted by Crippen LogP contribution is 2.24. The molecule has 0 radical (unpaired) electrons. The van der Waals surface area contributed by atoms with Crippen LogP contribution in [0.2, 0.25) is 0 Å². The normalized spacial score (nSPS) is 10.6. The van der Waals surface area contributed by atoms with Crippen molar-refractivity contribution in [3.8, 4) is 5.75 Å². The summed E-state index contributed by atoms with van der Waals surface area (Å²) in [5.74, 6) is -0.0198. The second-order valence-electron chi connectivity index (χ2n) is 7.86. The number of amides is 2. The lowest BCUT2D eigenvalue weighted by Crippen LogP contribution is -2.21. The number of para-hydroxylation sites is 1. The standard InChI is InChI=1S/C26H24N4O5/c1-16-10-11-18(28-26(33)29-21-9-5-4-8-20(21)25(32)34-3)13-22(16)35-15-19-14-23(31)30-12-6-7-17(2)24(30)27-19/h4-14H,15H2,1-3H3,(H2,28,29,33). The van der Waals surface area contributed by atoms with Gasteiger partial charge >= 0.3 is 12.0 Å². The van der Waals surface area contributed by atoms with Gasteiger partial charge in [-0.1, -0.05) is 24.3 Å². The molecule has 0 bridgehead atoms. The number of aryl methyl sites for hydroxylation is 2. The Kier molecular flexibility index (Phi) is 6.77. The number of methoxy groups -OCH3 is 1. The number of urea groups is 1. The van der Waals surface area contributed by atoms with Gasteiger partial charge in [0.1, 0.15) is 18.0 Å². The first kappa shape index (κ1) is 23.5. The fourth-order valence-corrected chi connectivity index (χ4v) is 3.53. The van der Waals surface area contributed by atoms with Gasteiger partial charge in [0.05, 0.1) is 24.1 Å². The van der Waals surface area contributed by atoms with Gasteiger partial charge in [-0.3, -0.25) is 9.20 Å². The summed E-state index contributed by atoms with van der Waals surface area (Å²) < 4.78 is 12.2. The molecule has 9 nitrogen and oxygen atoms in total. The molecule has 0 atom stereocenters. The van der Waals surface area contributed by atoms with Crippen LogP contribution in [0, 0.1) is 13.8 Å². The summed E-state index contributed by atoms with van der Waals surface area (Å²) in [5.41, 5.74) is 3.68.